The van der Waals surface area contributed by atoms with Crippen LogP contribution in [-0.2, 0) is 16.0 Å². The zero-order valence-electron chi connectivity index (χ0n) is 12.6. The van der Waals surface area contributed by atoms with Crippen LogP contribution in [0.1, 0.15) is 18.9 Å². The molecule has 0 heterocycles. The zero-order valence-corrected chi connectivity index (χ0v) is 12.6. The molecule has 0 saturated carbocycles. The molecule has 20 heavy (non-hydrogen) atoms. The van der Waals surface area contributed by atoms with Crippen molar-refractivity contribution < 1.29 is 19.0 Å². The van der Waals surface area contributed by atoms with Crippen LogP contribution in [0.15, 0.2) is 18.2 Å². The molecule has 0 spiro atoms. The van der Waals surface area contributed by atoms with E-state index in [1.807, 2.05) is 25.1 Å². The minimum Gasteiger partial charge on any atom is -0.493 e. The number of rotatable bonds is 7. The number of ether oxygens (including phenoxy) is 3. The van der Waals surface area contributed by atoms with E-state index in [4.69, 9.17) is 19.9 Å². The monoisotopic (exact) mass is 281 g/mol. The highest BCUT2D eigenvalue weighted by Crippen LogP contribution is 2.32. The Labute approximate surface area is 120 Å². The molecule has 1 atom stereocenters. The van der Waals surface area contributed by atoms with Crippen molar-refractivity contribution in [1.82, 2.24) is 0 Å². The molecule has 1 aromatic carbocycles. The molecule has 0 aliphatic rings. The first-order valence-electron chi connectivity index (χ1n) is 6.46. The minimum atomic E-state index is -0.341. The maximum atomic E-state index is 11.5. The summed E-state index contributed by atoms with van der Waals surface area (Å²) in [6.45, 7) is 2.37. The van der Waals surface area contributed by atoms with Gasteiger partial charge in [0.25, 0.3) is 0 Å². The number of carbonyl (C=O) groups excluding carboxylic acids is 1. The van der Waals surface area contributed by atoms with Gasteiger partial charge in [-0.1, -0.05) is 13.0 Å². The third-order valence-corrected chi connectivity index (χ3v) is 3.37. The van der Waals surface area contributed by atoms with Gasteiger partial charge in [0, 0.05) is 0 Å². The second kappa shape index (κ2) is 7.14. The summed E-state index contributed by atoms with van der Waals surface area (Å²) in [5, 5.41) is 0. The highest BCUT2D eigenvalue weighted by atomic mass is 16.5. The zero-order chi connectivity index (χ0) is 15.2. The maximum absolute atomic E-state index is 11.5. The summed E-state index contributed by atoms with van der Waals surface area (Å²) in [7, 11) is 4.58. The van der Waals surface area contributed by atoms with E-state index in [2.05, 4.69) is 0 Å². The average Bonchev–Trinajstić information content (AvgIpc) is 2.46. The lowest BCUT2D eigenvalue weighted by Crippen LogP contribution is -2.32. The van der Waals surface area contributed by atoms with Crippen LogP contribution in [0, 0.1) is 5.41 Å². The van der Waals surface area contributed by atoms with E-state index in [0.717, 1.165) is 5.56 Å². The van der Waals surface area contributed by atoms with Gasteiger partial charge in [0.2, 0.25) is 0 Å². The molecule has 0 amide bonds. The van der Waals surface area contributed by atoms with Gasteiger partial charge < -0.3 is 19.9 Å². The Hall–Kier alpha value is -1.75. The van der Waals surface area contributed by atoms with Gasteiger partial charge in [-0.25, -0.2) is 0 Å². The molecule has 0 bridgehead atoms. The third-order valence-electron chi connectivity index (χ3n) is 3.37. The van der Waals surface area contributed by atoms with Gasteiger partial charge in [0.05, 0.1) is 27.8 Å². The van der Waals surface area contributed by atoms with Gasteiger partial charge in [-0.15, -0.1) is 0 Å². The SMILES string of the molecule is COC(=O)CC(C)(CN)Cc1ccc(OC)c(OC)c1. The molecule has 5 heteroatoms. The Balaban J connectivity index is 2.92. The van der Waals surface area contributed by atoms with Crippen LogP contribution in [0.3, 0.4) is 0 Å². The van der Waals surface area contributed by atoms with Gasteiger partial charge in [-0.3, -0.25) is 4.79 Å². The predicted molar refractivity (Wildman–Crippen MR) is 77.0 cm³/mol. The fourth-order valence-electron chi connectivity index (χ4n) is 2.11. The summed E-state index contributed by atoms with van der Waals surface area (Å²) in [6, 6.07) is 5.71. The summed E-state index contributed by atoms with van der Waals surface area (Å²) in [5.41, 5.74) is 6.52. The van der Waals surface area contributed by atoms with Gasteiger partial charge in [-0.2, -0.15) is 0 Å². The number of hydrogen-bond donors (Lipinski definition) is 1. The highest BCUT2D eigenvalue weighted by Gasteiger charge is 2.27. The molecular weight excluding hydrogens is 258 g/mol. The van der Waals surface area contributed by atoms with Crippen LogP contribution in [0.5, 0.6) is 11.5 Å². The Morgan fingerprint density at radius 1 is 1.20 bits per heavy atom. The van der Waals surface area contributed by atoms with Crippen molar-refractivity contribution in [3.05, 3.63) is 23.8 Å². The molecule has 1 rings (SSSR count). The van der Waals surface area contributed by atoms with E-state index < -0.39 is 0 Å². The summed E-state index contributed by atoms with van der Waals surface area (Å²) in [6.07, 6.45) is 0.952. The first kappa shape index (κ1) is 16.3. The Morgan fingerprint density at radius 2 is 1.85 bits per heavy atom. The van der Waals surface area contributed by atoms with E-state index in [9.17, 15) is 4.79 Å². The van der Waals surface area contributed by atoms with Crippen molar-refractivity contribution in [3.63, 3.8) is 0 Å². The van der Waals surface area contributed by atoms with Gasteiger partial charge in [0.15, 0.2) is 11.5 Å². The fourth-order valence-corrected chi connectivity index (χ4v) is 2.11. The standard InChI is InChI=1S/C15H23NO4/c1-15(10-16,9-14(17)20-4)8-11-5-6-12(18-2)13(7-11)19-3/h5-7H,8-10,16H2,1-4H3. The first-order valence-corrected chi connectivity index (χ1v) is 6.46. The fraction of sp³-hybridized carbons (Fsp3) is 0.533. The molecule has 0 fully saturated rings. The van der Waals surface area contributed by atoms with Crippen molar-refractivity contribution in [3.8, 4) is 11.5 Å². The number of esters is 1. The molecule has 5 nitrogen and oxygen atoms in total. The topological polar surface area (TPSA) is 70.8 Å². The molecule has 0 aromatic heterocycles. The smallest absolute Gasteiger partial charge is 0.306 e. The lowest BCUT2D eigenvalue weighted by Gasteiger charge is -2.27. The molecule has 2 N–H and O–H groups in total. The maximum Gasteiger partial charge on any atom is 0.306 e. The van der Waals surface area contributed by atoms with Crippen LogP contribution in [0.2, 0.25) is 0 Å². The van der Waals surface area contributed by atoms with Crippen molar-refractivity contribution in [2.75, 3.05) is 27.9 Å². The van der Waals surface area contributed by atoms with Crippen LogP contribution < -0.4 is 15.2 Å². The quantitative estimate of drug-likeness (QED) is 0.771. The molecule has 112 valence electrons. The molecular formula is C15H23NO4. The Bertz CT molecular complexity index is 461. The van der Waals surface area contributed by atoms with Crippen molar-refractivity contribution in [2.45, 2.75) is 19.8 Å². The van der Waals surface area contributed by atoms with E-state index >= 15 is 0 Å². The second-order valence-electron chi connectivity index (χ2n) is 5.13. The van der Waals surface area contributed by atoms with E-state index in [0.29, 0.717) is 24.5 Å². The number of hydrogen-bond acceptors (Lipinski definition) is 5. The second-order valence-corrected chi connectivity index (χ2v) is 5.13. The van der Waals surface area contributed by atoms with Crippen molar-refractivity contribution in [1.29, 1.82) is 0 Å². The van der Waals surface area contributed by atoms with Crippen LogP contribution in [0.4, 0.5) is 0 Å². The lowest BCUT2D eigenvalue weighted by molar-refractivity contribution is -0.143. The van der Waals surface area contributed by atoms with Crippen LogP contribution >= 0.6 is 0 Å². The predicted octanol–water partition coefficient (Wildman–Crippen LogP) is 1.77. The first-order chi connectivity index (χ1) is 9.47. The molecule has 0 aliphatic heterocycles. The Morgan fingerprint density at radius 3 is 2.35 bits per heavy atom. The molecule has 1 unspecified atom stereocenters. The lowest BCUT2D eigenvalue weighted by atomic mass is 9.80. The average molecular weight is 281 g/mol. The number of nitrogens with two attached hydrogens (primary N) is 1. The summed E-state index contributed by atoms with van der Waals surface area (Å²) in [5.74, 6) is 1.10. The summed E-state index contributed by atoms with van der Waals surface area (Å²) >= 11 is 0. The largest absolute Gasteiger partial charge is 0.493 e. The van der Waals surface area contributed by atoms with E-state index in [1.54, 1.807) is 14.2 Å². The minimum absolute atomic E-state index is 0.251. The normalized spacial score (nSPS) is 13.4. The van der Waals surface area contributed by atoms with Crippen molar-refractivity contribution >= 4 is 5.97 Å². The third kappa shape index (κ3) is 4.13. The van der Waals surface area contributed by atoms with Crippen molar-refractivity contribution in [2.24, 2.45) is 11.1 Å². The van der Waals surface area contributed by atoms with Crippen LogP contribution in [-0.4, -0.2) is 33.8 Å². The number of carbonyl (C=O) groups is 1. The summed E-state index contributed by atoms with van der Waals surface area (Å²) < 4.78 is 15.2. The van der Waals surface area contributed by atoms with Gasteiger partial charge in [0.1, 0.15) is 0 Å². The van der Waals surface area contributed by atoms with E-state index in [-0.39, 0.29) is 17.8 Å². The molecule has 0 saturated heterocycles. The molecule has 0 radical (unpaired) electrons. The number of benzene rings is 1. The Kier molecular flexibility index (Phi) is 5.82. The van der Waals surface area contributed by atoms with E-state index in [1.165, 1.54) is 7.11 Å². The highest BCUT2D eigenvalue weighted by molar-refractivity contribution is 5.70. The van der Waals surface area contributed by atoms with Gasteiger partial charge >= 0.3 is 5.97 Å². The van der Waals surface area contributed by atoms with Gasteiger partial charge in [-0.05, 0) is 36.1 Å². The molecule has 0 aliphatic carbocycles. The number of methoxy groups -OCH3 is 3. The summed E-state index contributed by atoms with van der Waals surface area (Å²) in [4.78, 5) is 11.5. The molecule has 1 aromatic rings. The van der Waals surface area contributed by atoms with Crippen LogP contribution in [0.25, 0.3) is 0 Å².